The zero-order valence-corrected chi connectivity index (χ0v) is 72.3. The van der Waals surface area contributed by atoms with Gasteiger partial charge in [-0.2, -0.15) is 25.3 Å². The van der Waals surface area contributed by atoms with Gasteiger partial charge in [-0.3, -0.25) is 86.3 Å². The van der Waals surface area contributed by atoms with Gasteiger partial charge in [0, 0.05) is 92.1 Å². The lowest BCUT2D eigenvalue weighted by Crippen LogP contribution is -2.64. The van der Waals surface area contributed by atoms with Crippen molar-refractivity contribution in [1.82, 2.24) is 74.1 Å². The number of aliphatic hydroxyl groups excluding tert-OH is 1. The number of nitrogens with two attached hydrogens (primary N) is 6. The maximum atomic E-state index is 15.5. The molecule has 18 amide bonds. The summed E-state index contributed by atoms with van der Waals surface area (Å²) in [5, 5.41) is 46.2. The molecule has 676 valence electrons. The van der Waals surface area contributed by atoms with Crippen molar-refractivity contribution in [2.75, 3.05) is 19.7 Å². The van der Waals surface area contributed by atoms with Gasteiger partial charge in [0.2, 0.25) is 106 Å². The van der Waals surface area contributed by atoms with E-state index < -0.39 is 227 Å². The molecule has 0 aliphatic heterocycles. The van der Waals surface area contributed by atoms with Crippen molar-refractivity contribution in [1.29, 1.82) is 0 Å². The number of carbonyl (C=O) groups excluding carboxylic acids is 18. The summed E-state index contributed by atoms with van der Waals surface area (Å²) in [5.41, 5.74) is 32.8. The fourth-order valence-electron chi connectivity index (χ4n) is 12.9. The van der Waals surface area contributed by atoms with Crippen molar-refractivity contribution in [3.63, 3.8) is 0 Å². The largest absolute Gasteiger partial charge is 0.492 e. The number of nitrogens with one attached hydrogen (secondary N) is 14. The Morgan fingerprint density at radius 2 is 0.903 bits per heavy atom. The second kappa shape index (κ2) is 47.8. The number of hydrogen-bond donors (Lipinski definition) is 23. The summed E-state index contributed by atoms with van der Waals surface area (Å²) in [7, 11) is 0. The van der Waals surface area contributed by atoms with E-state index in [1.807, 2.05) is 6.07 Å². The highest BCUT2D eigenvalue weighted by Gasteiger charge is 2.43. The van der Waals surface area contributed by atoms with Crippen LogP contribution in [0, 0.1) is 0 Å². The molecule has 1 heterocycles. The first-order valence-electron chi connectivity index (χ1n) is 39.9. The number of aromatic nitrogens is 1. The first-order valence-corrected chi connectivity index (χ1v) is 40.8. The van der Waals surface area contributed by atoms with E-state index in [4.69, 9.17) is 51.8 Å². The van der Waals surface area contributed by atoms with Crippen molar-refractivity contribution in [3.8, 4) is 5.75 Å². The summed E-state index contributed by atoms with van der Waals surface area (Å²) in [6, 6.07) is 6.99. The number of amides is 18. The van der Waals surface area contributed by atoms with E-state index in [9.17, 15) is 67.4 Å². The molecule has 0 spiro atoms. The number of unbranched alkanes of at least 4 members (excludes halogenated alkanes) is 1. The average Bonchev–Trinajstić information content (AvgIpc) is 1.39. The number of H-pyrrole nitrogens is 1. The Kier molecular flexibility index (Phi) is 39.4. The molecule has 42 heteroatoms. The molecule has 0 aliphatic carbocycles. The zero-order chi connectivity index (χ0) is 92.7. The Balaban J connectivity index is 1.54. The Bertz CT molecular complexity index is 4690. The van der Waals surface area contributed by atoms with Crippen LogP contribution in [0.15, 0.2) is 97.2 Å². The molecular weight excluding hydrogens is 1650 g/mol. The highest BCUT2D eigenvalue weighted by molar-refractivity contribution is 7.82. The number of benzene rings is 4. The minimum atomic E-state index is -2.03. The van der Waals surface area contributed by atoms with Gasteiger partial charge in [-0.1, -0.05) is 72.8 Å². The predicted molar refractivity (Wildman–Crippen MR) is 462 cm³/mol. The molecule has 1 aromatic heterocycles. The van der Waals surface area contributed by atoms with Crippen LogP contribution < -0.4 is 108 Å². The smallest absolute Gasteiger partial charge is 0.245 e. The lowest BCUT2D eigenvalue weighted by Gasteiger charge is -2.33. The van der Waals surface area contributed by atoms with Crippen molar-refractivity contribution < 1.29 is 96.1 Å². The van der Waals surface area contributed by atoms with Gasteiger partial charge >= 0.3 is 0 Å². The fourth-order valence-corrected chi connectivity index (χ4v) is 13.2. The normalized spacial score (nSPS) is 14.4. The molecule has 12 atom stereocenters. The summed E-state index contributed by atoms with van der Waals surface area (Å²) in [5.74, 6) is -17.4. The Morgan fingerprint density at radius 3 is 1.45 bits per heavy atom. The first-order chi connectivity index (χ1) is 58.1. The second-order valence-corrected chi connectivity index (χ2v) is 34.0. The summed E-state index contributed by atoms with van der Waals surface area (Å²) in [4.78, 5) is 250. The average molecular weight is 1770 g/mol. The van der Waals surface area contributed by atoms with Gasteiger partial charge in [-0.05, 0) is 133 Å². The Labute approximate surface area is 727 Å². The molecule has 0 bridgehead atoms. The summed E-state index contributed by atoms with van der Waals surface area (Å²) in [6.45, 7) is 12.3. The van der Waals surface area contributed by atoms with Gasteiger partial charge in [0.05, 0.1) is 12.5 Å². The maximum absolute atomic E-state index is 15.5. The summed E-state index contributed by atoms with van der Waals surface area (Å²) < 4.78 is 2.85. The SMILES string of the molecule is CC(=O)NCCCC[C@H](NC(=O)C(C)(C)NC(=O)[C@H](Cc1ccc2ccccc2c1)NC(=O)[C@H](Cc1ccc(OCCN)cc1)NC(=O)[C@@H](NC(=O)[C@H](CCC(N)=O)NC(=O)[C@H](Cc1c[nH]c2ccccc12)NC(=O)[C@@H](NC(=O)[C@H](CCC(N)=O)NC(=O)[C@@H](NC(C)=O)C(C)(C)S)[C@@H](C)O)C(C)(C)S)C(=O)N[C@@H](CC(N)=O)C(=O)N[C@@H](CCC(N)=O)C(N)=O. The minimum Gasteiger partial charge on any atom is -0.492 e. The van der Waals surface area contributed by atoms with E-state index in [0.29, 0.717) is 38.7 Å². The molecule has 5 aromatic rings. The van der Waals surface area contributed by atoms with Crippen molar-refractivity contribution in [2.24, 2.45) is 34.4 Å². The quantitative estimate of drug-likeness (QED) is 0.0131. The summed E-state index contributed by atoms with van der Waals surface area (Å²) in [6.07, 6.45) is -4.75. The topological polar surface area (TPSA) is 665 Å². The highest BCUT2D eigenvalue weighted by atomic mass is 32.1. The minimum absolute atomic E-state index is 0.126. The van der Waals surface area contributed by atoms with Gasteiger partial charge < -0.3 is 118 Å². The monoisotopic (exact) mass is 1760 g/mol. The molecule has 27 N–H and O–H groups in total. The van der Waals surface area contributed by atoms with E-state index >= 15 is 24.0 Å². The molecule has 0 saturated heterocycles. The number of primary amides is 5. The number of rotatable bonds is 52. The maximum Gasteiger partial charge on any atom is 0.245 e. The van der Waals surface area contributed by atoms with Crippen LogP contribution in [0.5, 0.6) is 5.75 Å². The molecule has 0 radical (unpaired) electrons. The second-order valence-electron chi connectivity index (χ2n) is 31.7. The van der Waals surface area contributed by atoms with Crippen molar-refractivity contribution >= 4 is 153 Å². The molecule has 124 heavy (non-hydrogen) atoms. The van der Waals surface area contributed by atoms with E-state index in [1.165, 1.54) is 54.7 Å². The van der Waals surface area contributed by atoms with Crippen LogP contribution in [-0.2, 0) is 106 Å². The third-order valence-electron chi connectivity index (χ3n) is 19.6. The van der Waals surface area contributed by atoms with E-state index in [2.05, 4.69) is 86.7 Å². The molecule has 0 aliphatic rings. The number of hydrogen-bond acceptors (Lipinski definition) is 23. The van der Waals surface area contributed by atoms with E-state index in [-0.39, 0.29) is 70.5 Å². The predicted octanol–water partition coefficient (Wildman–Crippen LogP) is -3.80. The van der Waals surface area contributed by atoms with Crippen LogP contribution >= 0.6 is 25.3 Å². The number of aromatic amines is 1. The van der Waals surface area contributed by atoms with Gasteiger partial charge in [0.15, 0.2) is 0 Å². The molecule has 5 rings (SSSR count). The molecule has 40 nitrogen and oxygen atoms in total. The number of aliphatic hydroxyl groups is 1. The lowest BCUT2D eigenvalue weighted by molar-refractivity contribution is -0.138. The van der Waals surface area contributed by atoms with E-state index in [1.54, 1.807) is 84.9 Å². The number of carbonyl (C=O) groups is 18. The van der Waals surface area contributed by atoms with Gasteiger partial charge in [-0.25, -0.2) is 0 Å². The standard InChI is InChI=1S/C82H116N20O20S2/c1-42(103)65(100-70(112)55(28-31-62(85)107)94-77(119)66(81(6,7)123)91-44(3)105)76(118)97-59(39-49-41-90-52-19-13-12-18-51(49)52)73(115)93-56(29-32-63(86)108)71(113)101-67(82(8,9)124)78(120)98-57(37-45-22-25-50(26-23-45)122-35-33-83)72(114)95-58(38-46-21-24-47-16-10-11-17-48(47)36-46)75(117)102-80(4,5)79(121)99-54(20-14-15-34-89-43(2)104)69(111)96-60(40-64(87)109)74(116)92-53(68(88)110)27-30-61(84)106/h10-13,16-19,21-26,36,41-42,53-60,65-67,90,103,123-124H,14-15,20,27-35,37-40,83H2,1-9H3,(H2,84,106)(H2,85,107)(H2,86,108)(H2,87,109)(H2,88,110)(H,89,104)(H,91,105)(H,92,116)(H,93,115)(H,94,119)(H,95,114)(H,96,111)(H,97,118)(H,98,120)(H,99,121)(H,100,112)(H,101,113)(H,102,117)/t42-,53+,54+,55+,56+,57+,58+,59+,60+,65+,66-,67-/m1/s1. The van der Waals surface area contributed by atoms with Crippen LogP contribution in [-0.4, -0.2) is 224 Å². The van der Waals surface area contributed by atoms with E-state index in [0.717, 1.165) is 19.2 Å². The third-order valence-corrected chi connectivity index (χ3v) is 20.1. The number of fused-ring (bicyclic) bond motifs is 2. The van der Waals surface area contributed by atoms with Crippen molar-refractivity contribution in [3.05, 3.63) is 114 Å². The third kappa shape index (κ3) is 33.8. The van der Waals surface area contributed by atoms with Crippen LogP contribution in [0.4, 0.5) is 0 Å². The Morgan fingerprint density at radius 1 is 0.452 bits per heavy atom. The summed E-state index contributed by atoms with van der Waals surface area (Å²) >= 11 is 9.17. The molecule has 0 unspecified atom stereocenters. The molecule has 4 aromatic carbocycles. The molecular formula is C82H116N20O20S2. The Hall–Kier alpha value is -12.4. The number of ether oxygens (including phenoxy) is 1. The molecule has 0 saturated carbocycles. The van der Waals surface area contributed by atoms with Gasteiger partial charge in [-0.15, -0.1) is 0 Å². The van der Waals surface area contributed by atoms with Crippen LogP contribution in [0.3, 0.4) is 0 Å². The highest BCUT2D eigenvalue weighted by Crippen LogP contribution is 2.25. The van der Waals surface area contributed by atoms with Gasteiger partial charge in [0.25, 0.3) is 0 Å². The zero-order valence-electron chi connectivity index (χ0n) is 70.5. The van der Waals surface area contributed by atoms with Crippen LogP contribution in [0.2, 0.25) is 0 Å². The lowest BCUT2D eigenvalue weighted by atomic mass is 9.97. The van der Waals surface area contributed by atoms with Crippen molar-refractivity contribution in [2.45, 2.75) is 233 Å². The van der Waals surface area contributed by atoms with Crippen LogP contribution in [0.25, 0.3) is 21.7 Å². The van der Waals surface area contributed by atoms with Gasteiger partial charge in [0.1, 0.15) is 84.4 Å². The molecule has 0 fully saturated rings. The first kappa shape index (κ1) is 102. The fraction of sp³-hybridized carbons (Fsp3) is 0.488. The number of thiol groups is 2. The van der Waals surface area contributed by atoms with Crippen LogP contribution in [0.1, 0.15) is 143 Å². The number of para-hydroxylation sites is 1.